The average Bonchev–Trinajstić information content (AvgIpc) is 2.60. The molecule has 1 amide bonds. The van der Waals surface area contributed by atoms with Crippen LogP contribution < -0.4 is 0 Å². The number of pyridine rings is 1. The number of hydrogen-bond acceptors (Lipinski definition) is 3. The molecule has 1 aromatic carbocycles. The Bertz CT molecular complexity index is 742. The summed E-state index contributed by atoms with van der Waals surface area (Å²) in [5.41, 5.74) is 2.62. The Labute approximate surface area is 137 Å². The molecular weight excluding hydrogens is 286 g/mol. The first kappa shape index (κ1) is 14.6. The molecule has 23 heavy (non-hydrogen) atoms. The summed E-state index contributed by atoms with van der Waals surface area (Å²) in [4.78, 5) is 22.3. The fourth-order valence-corrected chi connectivity index (χ4v) is 4.00. The van der Waals surface area contributed by atoms with Gasteiger partial charge in [0.05, 0.1) is 11.1 Å². The highest BCUT2D eigenvalue weighted by atomic mass is 16.2. The van der Waals surface area contributed by atoms with Crippen molar-refractivity contribution in [3.8, 4) is 0 Å². The maximum absolute atomic E-state index is 13.1. The van der Waals surface area contributed by atoms with E-state index in [1.165, 1.54) is 25.8 Å². The smallest absolute Gasteiger partial charge is 0.254 e. The van der Waals surface area contributed by atoms with E-state index in [-0.39, 0.29) is 5.91 Å². The predicted molar refractivity (Wildman–Crippen MR) is 91.6 cm³/mol. The zero-order valence-corrected chi connectivity index (χ0v) is 13.7. The molecule has 4 rings (SSSR count). The predicted octanol–water partition coefficient (Wildman–Crippen LogP) is 2.85. The number of benzene rings is 1. The second-order valence-electron chi connectivity index (χ2n) is 6.77. The lowest BCUT2D eigenvalue weighted by Gasteiger charge is -2.44. The van der Waals surface area contributed by atoms with E-state index < -0.39 is 0 Å². The minimum absolute atomic E-state index is 0.164. The molecule has 2 aliphatic rings. The van der Waals surface area contributed by atoms with E-state index in [1.807, 2.05) is 42.2 Å². The van der Waals surface area contributed by atoms with Crippen LogP contribution in [0.5, 0.6) is 0 Å². The number of fused-ring (bicyclic) bond motifs is 2. The van der Waals surface area contributed by atoms with Gasteiger partial charge in [-0.1, -0.05) is 24.6 Å². The monoisotopic (exact) mass is 309 g/mol. The number of para-hydroxylation sites is 1. The van der Waals surface area contributed by atoms with Crippen LogP contribution in [0.15, 0.2) is 30.3 Å². The van der Waals surface area contributed by atoms with Gasteiger partial charge in [0.1, 0.15) is 0 Å². The van der Waals surface area contributed by atoms with Gasteiger partial charge in [-0.2, -0.15) is 0 Å². The molecule has 1 unspecified atom stereocenters. The maximum atomic E-state index is 13.1. The molecule has 0 spiro atoms. The lowest BCUT2D eigenvalue weighted by atomic mass is 9.98. The number of piperazine rings is 1. The largest absolute Gasteiger partial charge is 0.336 e. The van der Waals surface area contributed by atoms with Gasteiger partial charge in [0.25, 0.3) is 5.91 Å². The van der Waals surface area contributed by atoms with Crippen molar-refractivity contribution in [1.29, 1.82) is 0 Å². The zero-order valence-electron chi connectivity index (χ0n) is 13.7. The molecule has 0 aliphatic carbocycles. The third kappa shape index (κ3) is 2.72. The molecule has 0 saturated carbocycles. The van der Waals surface area contributed by atoms with Gasteiger partial charge in [0.15, 0.2) is 0 Å². The van der Waals surface area contributed by atoms with E-state index in [9.17, 15) is 4.79 Å². The van der Waals surface area contributed by atoms with Crippen LogP contribution in [-0.4, -0.2) is 52.9 Å². The van der Waals surface area contributed by atoms with Gasteiger partial charge in [0.2, 0.25) is 0 Å². The normalized spacial score (nSPS) is 22.1. The van der Waals surface area contributed by atoms with Crippen molar-refractivity contribution in [2.75, 3.05) is 26.2 Å². The van der Waals surface area contributed by atoms with Crippen LogP contribution in [0.3, 0.4) is 0 Å². The molecule has 120 valence electrons. The molecule has 0 bridgehead atoms. The van der Waals surface area contributed by atoms with Crippen LogP contribution in [0.25, 0.3) is 10.9 Å². The van der Waals surface area contributed by atoms with Gasteiger partial charge in [0, 0.05) is 36.8 Å². The van der Waals surface area contributed by atoms with Gasteiger partial charge in [-0.25, -0.2) is 0 Å². The van der Waals surface area contributed by atoms with Crippen LogP contribution in [0.4, 0.5) is 0 Å². The summed E-state index contributed by atoms with van der Waals surface area (Å²) in [6.07, 6.45) is 3.82. The van der Waals surface area contributed by atoms with Crippen molar-refractivity contribution >= 4 is 16.8 Å². The first-order valence-corrected chi connectivity index (χ1v) is 8.62. The van der Waals surface area contributed by atoms with E-state index in [0.717, 1.165) is 41.8 Å². The number of rotatable bonds is 1. The van der Waals surface area contributed by atoms with Crippen LogP contribution in [-0.2, 0) is 0 Å². The van der Waals surface area contributed by atoms with E-state index in [1.54, 1.807) is 0 Å². The van der Waals surface area contributed by atoms with Crippen LogP contribution in [0.2, 0.25) is 0 Å². The number of carbonyl (C=O) groups excluding carboxylic acids is 1. The van der Waals surface area contributed by atoms with Crippen molar-refractivity contribution in [2.45, 2.75) is 32.2 Å². The van der Waals surface area contributed by atoms with Gasteiger partial charge < -0.3 is 4.90 Å². The number of amides is 1. The first-order valence-electron chi connectivity index (χ1n) is 8.62. The Morgan fingerprint density at radius 1 is 1.17 bits per heavy atom. The van der Waals surface area contributed by atoms with Crippen molar-refractivity contribution in [3.63, 3.8) is 0 Å². The van der Waals surface area contributed by atoms with E-state index in [2.05, 4.69) is 9.88 Å². The summed E-state index contributed by atoms with van der Waals surface area (Å²) in [6, 6.07) is 10.4. The van der Waals surface area contributed by atoms with Crippen LogP contribution in [0.1, 0.15) is 35.3 Å². The lowest BCUT2D eigenvalue weighted by Crippen LogP contribution is -2.56. The van der Waals surface area contributed by atoms with Crippen molar-refractivity contribution in [1.82, 2.24) is 14.8 Å². The molecule has 0 radical (unpaired) electrons. The van der Waals surface area contributed by atoms with Gasteiger partial charge >= 0.3 is 0 Å². The first-order chi connectivity index (χ1) is 11.2. The summed E-state index contributed by atoms with van der Waals surface area (Å²) < 4.78 is 0. The van der Waals surface area contributed by atoms with Crippen LogP contribution in [0, 0.1) is 6.92 Å². The molecule has 4 heteroatoms. The topological polar surface area (TPSA) is 36.4 Å². The summed E-state index contributed by atoms with van der Waals surface area (Å²) in [5, 5.41) is 0.967. The molecular formula is C19H23N3O. The van der Waals surface area contributed by atoms with E-state index in [0.29, 0.717) is 6.04 Å². The molecule has 2 aliphatic heterocycles. The maximum Gasteiger partial charge on any atom is 0.254 e. The Hall–Kier alpha value is -1.94. The highest BCUT2D eigenvalue weighted by molar-refractivity contribution is 6.06. The highest BCUT2D eigenvalue weighted by Gasteiger charge is 2.31. The minimum atomic E-state index is 0.164. The second kappa shape index (κ2) is 5.93. The van der Waals surface area contributed by atoms with Crippen molar-refractivity contribution in [3.05, 3.63) is 41.6 Å². The van der Waals surface area contributed by atoms with Crippen molar-refractivity contribution < 1.29 is 4.79 Å². The molecule has 2 aromatic rings. The minimum Gasteiger partial charge on any atom is -0.336 e. The number of aromatic nitrogens is 1. The Kier molecular flexibility index (Phi) is 3.77. The quantitative estimate of drug-likeness (QED) is 0.813. The fraction of sp³-hybridized carbons (Fsp3) is 0.474. The van der Waals surface area contributed by atoms with Gasteiger partial charge in [-0.05, 0) is 38.4 Å². The molecule has 1 aromatic heterocycles. The molecule has 0 N–H and O–H groups in total. The summed E-state index contributed by atoms with van der Waals surface area (Å²) in [5.74, 6) is 0.164. The van der Waals surface area contributed by atoms with Crippen molar-refractivity contribution in [2.24, 2.45) is 0 Å². The third-order valence-corrected chi connectivity index (χ3v) is 5.20. The highest BCUT2D eigenvalue weighted by Crippen LogP contribution is 2.24. The SMILES string of the molecule is Cc1cc(C(=O)N2CCN3CCCCC3C2)c2ccccc2n1. The second-order valence-corrected chi connectivity index (χ2v) is 6.77. The van der Waals surface area contributed by atoms with E-state index >= 15 is 0 Å². The molecule has 2 fully saturated rings. The average molecular weight is 309 g/mol. The number of carbonyl (C=O) groups is 1. The van der Waals surface area contributed by atoms with Gasteiger partial charge in [-0.15, -0.1) is 0 Å². The summed E-state index contributed by atoms with van der Waals surface area (Å²) in [6.45, 7) is 5.88. The van der Waals surface area contributed by atoms with Gasteiger partial charge in [-0.3, -0.25) is 14.7 Å². The number of nitrogens with zero attached hydrogens (tertiary/aromatic N) is 3. The summed E-state index contributed by atoms with van der Waals surface area (Å²) >= 11 is 0. The van der Waals surface area contributed by atoms with Crippen LogP contribution >= 0.6 is 0 Å². The molecule has 3 heterocycles. The number of hydrogen-bond donors (Lipinski definition) is 0. The fourth-order valence-electron chi connectivity index (χ4n) is 4.00. The van der Waals surface area contributed by atoms with E-state index in [4.69, 9.17) is 0 Å². The zero-order chi connectivity index (χ0) is 15.8. The third-order valence-electron chi connectivity index (χ3n) is 5.20. The number of piperidine rings is 1. The molecule has 1 atom stereocenters. The Morgan fingerprint density at radius 3 is 2.96 bits per heavy atom. The Morgan fingerprint density at radius 2 is 2.04 bits per heavy atom. The number of aryl methyl sites for hydroxylation is 1. The lowest BCUT2D eigenvalue weighted by molar-refractivity contribution is 0.0374. The Balaban J connectivity index is 1.64. The molecule has 4 nitrogen and oxygen atoms in total. The molecule has 2 saturated heterocycles. The summed E-state index contributed by atoms with van der Waals surface area (Å²) in [7, 11) is 0. The standard InChI is InChI=1S/C19H23N3O/c1-14-12-17(16-7-2-3-8-18(16)20-14)19(23)22-11-10-21-9-5-4-6-15(21)13-22/h2-3,7-8,12,15H,4-6,9-11,13H2,1H3.